The Hall–Kier alpha value is -3.10. The normalized spacial score (nSPS) is 16.5. The Kier molecular flexibility index (Phi) is 3.73. The van der Waals surface area contributed by atoms with Gasteiger partial charge in [-0.15, -0.1) is 5.10 Å². The lowest BCUT2D eigenvalue weighted by Gasteiger charge is -2.07. The van der Waals surface area contributed by atoms with Gasteiger partial charge in [0.15, 0.2) is 11.5 Å². The number of halogens is 1. The number of nitrogens with one attached hydrogen (secondary N) is 1. The molecule has 0 bridgehead atoms. The van der Waals surface area contributed by atoms with E-state index in [4.69, 9.17) is 4.52 Å². The molecule has 2 aliphatic carbocycles. The number of benzene rings is 1. The molecule has 8 nitrogen and oxygen atoms in total. The highest BCUT2D eigenvalue weighted by molar-refractivity contribution is 5.93. The van der Waals surface area contributed by atoms with E-state index >= 15 is 0 Å². The number of carbonyl (C=O) groups is 1. The summed E-state index contributed by atoms with van der Waals surface area (Å²) in [6.45, 7) is 0.145. The maximum Gasteiger partial charge on any atom is 0.274 e. The molecule has 2 aromatic heterocycles. The van der Waals surface area contributed by atoms with Crippen LogP contribution < -0.4 is 5.32 Å². The minimum Gasteiger partial charge on any atom is -0.341 e. The van der Waals surface area contributed by atoms with E-state index < -0.39 is 0 Å². The lowest BCUT2D eigenvalue weighted by Crippen LogP contribution is -2.24. The molecule has 1 amide bonds. The number of amides is 1. The Bertz CT molecular complexity index is 988. The van der Waals surface area contributed by atoms with Gasteiger partial charge in [0.1, 0.15) is 5.82 Å². The van der Waals surface area contributed by atoms with Crippen molar-refractivity contribution in [1.82, 2.24) is 30.5 Å². The van der Waals surface area contributed by atoms with Crippen molar-refractivity contribution < 1.29 is 13.7 Å². The zero-order valence-electron chi connectivity index (χ0n) is 14.4. The van der Waals surface area contributed by atoms with Gasteiger partial charge in [0.25, 0.3) is 5.91 Å². The van der Waals surface area contributed by atoms with Gasteiger partial charge in [-0.1, -0.05) is 10.4 Å². The van der Waals surface area contributed by atoms with Crippen LogP contribution >= 0.6 is 0 Å². The van der Waals surface area contributed by atoms with Crippen molar-refractivity contribution >= 4 is 5.91 Å². The summed E-state index contributed by atoms with van der Waals surface area (Å²) in [4.78, 5) is 16.9. The van der Waals surface area contributed by atoms with Gasteiger partial charge in [-0.05, 0) is 49.9 Å². The zero-order chi connectivity index (χ0) is 18.4. The number of nitrogens with zero attached hydrogens (tertiary/aromatic N) is 5. The SMILES string of the molecule is O=C(NCc1nc(C2CC2)no1)c1nnn(-c2ccc(F)cc2)c1C1CC1. The third kappa shape index (κ3) is 3.20. The standard InChI is InChI=1S/C18H17FN6O2/c19-12-5-7-13(8-6-12)25-16(10-1-2-10)15(22-24-25)18(26)20-9-14-21-17(23-27-14)11-3-4-11/h5-8,10-11H,1-4,9H2,(H,20,26). The monoisotopic (exact) mass is 368 g/mol. The van der Waals surface area contributed by atoms with Gasteiger partial charge < -0.3 is 9.84 Å². The van der Waals surface area contributed by atoms with Crippen molar-refractivity contribution in [3.63, 3.8) is 0 Å². The Labute approximate surface area is 153 Å². The first kappa shape index (κ1) is 16.1. The van der Waals surface area contributed by atoms with Gasteiger partial charge in [0.2, 0.25) is 5.89 Å². The zero-order valence-corrected chi connectivity index (χ0v) is 14.4. The molecule has 3 aromatic rings. The van der Waals surface area contributed by atoms with Crippen molar-refractivity contribution in [2.24, 2.45) is 0 Å². The molecule has 9 heteroatoms. The molecular formula is C18H17FN6O2. The van der Waals surface area contributed by atoms with Crippen LogP contribution in [0.1, 0.15) is 65.4 Å². The van der Waals surface area contributed by atoms with E-state index in [9.17, 15) is 9.18 Å². The van der Waals surface area contributed by atoms with Crippen molar-refractivity contribution in [2.45, 2.75) is 44.1 Å². The summed E-state index contributed by atoms with van der Waals surface area (Å²) in [5, 5.41) is 14.9. The quantitative estimate of drug-likeness (QED) is 0.718. The molecule has 0 spiro atoms. The minimum atomic E-state index is -0.337. The van der Waals surface area contributed by atoms with Crippen LogP contribution in [0.15, 0.2) is 28.8 Å². The Morgan fingerprint density at radius 2 is 1.93 bits per heavy atom. The second-order valence-electron chi connectivity index (χ2n) is 6.99. The van der Waals surface area contributed by atoms with Gasteiger partial charge >= 0.3 is 0 Å². The predicted octanol–water partition coefficient (Wildman–Crippen LogP) is 2.47. The maximum atomic E-state index is 13.2. The summed E-state index contributed by atoms with van der Waals surface area (Å²) in [5.74, 6) is 1.06. The first-order valence-electron chi connectivity index (χ1n) is 9.01. The Morgan fingerprint density at radius 1 is 1.19 bits per heavy atom. The van der Waals surface area contributed by atoms with Crippen LogP contribution in [-0.4, -0.2) is 31.0 Å². The minimum absolute atomic E-state index is 0.145. The van der Waals surface area contributed by atoms with E-state index in [1.807, 2.05) is 0 Å². The fourth-order valence-electron chi connectivity index (χ4n) is 3.03. The first-order chi connectivity index (χ1) is 13.2. The summed E-state index contributed by atoms with van der Waals surface area (Å²) in [7, 11) is 0. The van der Waals surface area contributed by atoms with Gasteiger partial charge in [-0.2, -0.15) is 4.98 Å². The van der Waals surface area contributed by atoms with Gasteiger partial charge in [0, 0.05) is 11.8 Å². The van der Waals surface area contributed by atoms with E-state index in [2.05, 4.69) is 25.8 Å². The number of hydrogen-bond acceptors (Lipinski definition) is 6. The molecule has 0 radical (unpaired) electrons. The molecule has 2 aliphatic rings. The Morgan fingerprint density at radius 3 is 2.63 bits per heavy atom. The molecule has 1 N–H and O–H groups in total. The van der Waals surface area contributed by atoms with E-state index in [-0.39, 0.29) is 29.9 Å². The predicted molar refractivity (Wildman–Crippen MR) is 90.7 cm³/mol. The number of rotatable bonds is 6. The van der Waals surface area contributed by atoms with Crippen molar-refractivity contribution in [3.8, 4) is 5.69 Å². The molecule has 0 saturated heterocycles. The molecule has 0 aliphatic heterocycles. The second-order valence-corrected chi connectivity index (χ2v) is 6.99. The average Bonchev–Trinajstić information content (AvgIpc) is 3.61. The Balaban J connectivity index is 1.35. The fourth-order valence-corrected chi connectivity index (χ4v) is 3.03. The second kappa shape index (κ2) is 6.26. The average molecular weight is 368 g/mol. The fraction of sp³-hybridized carbons (Fsp3) is 0.389. The van der Waals surface area contributed by atoms with Gasteiger partial charge in [0.05, 0.1) is 17.9 Å². The molecule has 1 aromatic carbocycles. The van der Waals surface area contributed by atoms with Crippen LogP contribution in [0.25, 0.3) is 5.69 Å². The number of carbonyl (C=O) groups excluding carboxylic acids is 1. The molecule has 0 atom stereocenters. The third-order valence-electron chi connectivity index (χ3n) is 4.78. The highest BCUT2D eigenvalue weighted by Crippen LogP contribution is 2.42. The van der Waals surface area contributed by atoms with Crippen LogP contribution in [0.3, 0.4) is 0 Å². The molecule has 5 rings (SSSR count). The van der Waals surface area contributed by atoms with Crippen LogP contribution in [0.2, 0.25) is 0 Å². The summed E-state index contributed by atoms with van der Waals surface area (Å²) < 4.78 is 20.0. The highest BCUT2D eigenvalue weighted by atomic mass is 19.1. The number of hydrogen-bond donors (Lipinski definition) is 1. The van der Waals surface area contributed by atoms with E-state index in [1.165, 1.54) is 12.1 Å². The number of aromatic nitrogens is 5. The van der Waals surface area contributed by atoms with E-state index in [1.54, 1.807) is 16.8 Å². The lowest BCUT2D eigenvalue weighted by molar-refractivity contribution is 0.0940. The van der Waals surface area contributed by atoms with Crippen LogP contribution in [0.4, 0.5) is 4.39 Å². The van der Waals surface area contributed by atoms with Crippen molar-refractivity contribution in [3.05, 3.63) is 53.2 Å². The summed E-state index contributed by atoms with van der Waals surface area (Å²) in [6.07, 6.45) is 4.12. The molecule has 0 unspecified atom stereocenters. The third-order valence-corrected chi connectivity index (χ3v) is 4.78. The molecular weight excluding hydrogens is 351 g/mol. The molecule has 2 saturated carbocycles. The van der Waals surface area contributed by atoms with Crippen LogP contribution in [-0.2, 0) is 6.54 Å². The topological polar surface area (TPSA) is 98.7 Å². The van der Waals surface area contributed by atoms with Crippen molar-refractivity contribution in [2.75, 3.05) is 0 Å². The van der Waals surface area contributed by atoms with E-state index in [0.29, 0.717) is 23.3 Å². The molecule has 2 fully saturated rings. The lowest BCUT2D eigenvalue weighted by atomic mass is 10.2. The summed E-state index contributed by atoms with van der Waals surface area (Å²) >= 11 is 0. The largest absolute Gasteiger partial charge is 0.341 e. The summed E-state index contributed by atoms with van der Waals surface area (Å²) in [5.41, 5.74) is 1.71. The van der Waals surface area contributed by atoms with Crippen LogP contribution in [0, 0.1) is 5.82 Å². The summed E-state index contributed by atoms with van der Waals surface area (Å²) in [6, 6.07) is 5.96. The van der Waals surface area contributed by atoms with Gasteiger partial charge in [-0.25, -0.2) is 9.07 Å². The first-order valence-corrected chi connectivity index (χ1v) is 9.01. The molecule has 27 heavy (non-hydrogen) atoms. The smallest absolute Gasteiger partial charge is 0.274 e. The van der Waals surface area contributed by atoms with Crippen molar-refractivity contribution in [1.29, 1.82) is 0 Å². The highest BCUT2D eigenvalue weighted by Gasteiger charge is 2.34. The van der Waals surface area contributed by atoms with E-state index in [0.717, 1.165) is 31.4 Å². The van der Waals surface area contributed by atoms with Gasteiger partial charge in [-0.3, -0.25) is 4.79 Å². The molecule has 2 heterocycles. The maximum absolute atomic E-state index is 13.2. The van der Waals surface area contributed by atoms with Crippen LogP contribution in [0.5, 0.6) is 0 Å². The molecule has 138 valence electrons.